The fraction of sp³-hybridized carbons (Fsp3) is 0.381. The molecule has 0 spiro atoms. The number of benzene rings is 1. The second-order valence-corrected chi connectivity index (χ2v) is 7.38. The number of imidazole rings is 1. The average molecular weight is 398 g/mol. The van der Waals surface area contributed by atoms with Gasteiger partial charge in [-0.15, -0.1) is 0 Å². The lowest BCUT2D eigenvalue weighted by Gasteiger charge is -2.22. The molecule has 0 unspecified atom stereocenters. The maximum absolute atomic E-state index is 14.5. The van der Waals surface area contributed by atoms with Crippen molar-refractivity contribution in [3.8, 4) is 5.69 Å². The number of rotatable bonds is 6. The van der Waals surface area contributed by atoms with Crippen LogP contribution in [0.15, 0.2) is 48.1 Å². The van der Waals surface area contributed by atoms with Crippen LogP contribution in [0.1, 0.15) is 36.6 Å². The quantitative estimate of drug-likeness (QED) is 0.513. The molecule has 3 rings (SSSR count). The van der Waals surface area contributed by atoms with Crippen LogP contribution in [-0.4, -0.2) is 44.3 Å². The Bertz CT molecular complexity index is 973. The van der Waals surface area contributed by atoms with Crippen LogP contribution in [0, 0.1) is 5.82 Å². The van der Waals surface area contributed by atoms with E-state index in [-0.39, 0.29) is 5.82 Å². The first-order valence-electron chi connectivity index (χ1n) is 9.60. The molecule has 3 aromatic rings. The predicted octanol–water partition coefficient (Wildman–Crippen LogP) is 3.08. The first-order chi connectivity index (χ1) is 13.9. The van der Waals surface area contributed by atoms with Crippen LogP contribution in [0.5, 0.6) is 0 Å². The third kappa shape index (κ3) is 4.82. The minimum Gasteiger partial charge on any atom is -0.352 e. The van der Waals surface area contributed by atoms with Crippen molar-refractivity contribution >= 4 is 5.96 Å². The highest BCUT2D eigenvalue weighted by Gasteiger charge is 2.15. The third-order valence-electron chi connectivity index (χ3n) is 4.71. The van der Waals surface area contributed by atoms with Gasteiger partial charge >= 0.3 is 0 Å². The third-order valence-corrected chi connectivity index (χ3v) is 4.71. The lowest BCUT2D eigenvalue weighted by Crippen LogP contribution is -2.38. The molecule has 154 valence electrons. The van der Waals surface area contributed by atoms with Crippen LogP contribution in [0.2, 0.25) is 0 Å². The number of hydrogen-bond donors (Lipinski definition) is 1. The van der Waals surface area contributed by atoms with Gasteiger partial charge in [0.1, 0.15) is 5.82 Å². The van der Waals surface area contributed by atoms with Gasteiger partial charge in [-0.25, -0.2) is 9.37 Å². The van der Waals surface area contributed by atoms with E-state index < -0.39 is 0 Å². The molecule has 1 aromatic carbocycles. The largest absolute Gasteiger partial charge is 0.352 e. The summed E-state index contributed by atoms with van der Waals surface area (Å²) in [6.07, 6.45) is 6.97. The van der Waals surface area contributed by atoms with Gasteiger partial charge in [0.25, 0.3) is 0 Å². The van der Waals surface area contributed by atoms with E-state index in [0.717, 1.165) is 17.2 Å². The second-order valence-electron chi connectivity index (χ2n) is 7.38. The molecule has 0 atom stereocenters. The summed E-state index contributed by atoms with van der Waals surface area (Å²) in [5.41, 5.74) is 3.58. The van der Waals surface area contributed by atoms with Gasteiger partial charge in [0, 0.05) is 58.4 Å². The molecule has 2 heterocycles. The van der Waals surface area contributed by atoms with Gasteiger partial charge in [0.05, 0.1) is 17.7 Å². The number of guanidine groups is 1. The number of aliphatic imine (C=N–C) groups is 1. The number of nitrogens with one attached hydrogen (secondary N) is 1. The van der Waals surface area contributed by atoms with Crippen LogP contribution in [-0.2, 0) is 20.1 Å². The molecular weight excluding hydrogens is 369 g/mol. The fourth-order valence-electron chi connectivity index (χ4n) is 3.33. The van der Waals surface area contributed by atoms with E-state index in [1.807, 2.05) is 35.9 Å². The summed E-state index contributed by atoms with van der Waals surface area (Å²) >= 11 is 0. The summed E-state index contributed by atoms with van der Waals surface area (Å²) in [7, 11) is 5.66. The average Bonchev–Trinajstić information content (AvgIpc) is 3.32. The number of hydrogen-bond acceptors (Lipinski definition) is 3. The van der Waals surface area contributed by atoms with E-state index in [1.165, 1.54) is 11.6 Å². The van der Waals surface area contributed by atoms with Crippen molar-refractivity contribution < 1.29 is 4.39 Å². The molecule has 0 bridgehead atoms. The minimum absolute atomic E-state index is 0.289. The predicted molar refractivity (Wildman–Crippen MR) is 112 cm³/mol. The Morgan fingerprint density at radius 2 is 2.14 bits per heavy atom. The number of aromatic nitrogens is 4. The zero-order chi connectivity index (χ0) is 21.0. The van der Waals surface area contributed by atoms with Gasteiger partial charge in [-0.3, -0.25) is 9.67 Å². The van der Waals surface area contributed by atoms with Gasteiger partial charge in [0.15, 0.2) is 5.96 Å². The molecule has 8 heteroatoms. The first-order valence-corrected chi connectivity index (χ1v) is 9.60. The first kappa shape index (κ1) is 20.6. The summed E-state index contributed by atoms with van der Waals surface area (Å²) in [5, 5.41) is 7.87. The Hall–Kier alpha value is -3.16. The smallest absolute Gasteiger partial charge is 0.193 e. The SMILES string of the molecule is CN=C(NCc1ccc(-n2ccnc2)c(F)c1)N(C)Cc1cn(C)nc1C(C)C. The van der Waals surface area contributed by atoms with Gasteiger partial charge in [0.2, 0.25) is 0 Å². The molecule has 0 aliphatic heterocycles. The lowest BCUT2D eigenvalue weighted by molar-refractivity contribution is 0.473. The Labute approximate surface area is 170 Å². The van der Waals surface area contributed by atoms with Gasteiger partial charge < -0.3 is 14.8 Å². The second kappa shape index (κ2) is 8.89. The molecule has 0 aliphatic rings. The van der Waals surface area contributed by atoms with Crippen molar-refractivity contribution in [2.45, 2.75) is 32.9 Å². The summed E-state index contributed by atoms with van der Waals surface area (Å²) in [4.78, 5) is 10.4. The lowest BCUT2D eigenvalue weighted by atomic mass is 10.1. The Balaban J connectivity index is 1.65. The van der Waals surface area contributed by atoms with Crippen molar-refractivity contribution in [3.63, 3.8) is 0 Å². The topological polar surface area (TPSA) is 63.3 Å². The highest BCUT2D eigenvalue weighted by atomic mass is 19.1. The highest BCUT2D eigenvalue weighted by Crippen LogP contribution is 2.19. The number of aryl methyl sites for hydroxylation is 1. The maximum Gasteiger partial charge on any atom is 0.193 e. The summed E-state index contributed by atoms with van der Waals surface area (Å²) in [6, 6.07) is 5.19. The van der Waals surface area contributed by atoms with Crippen LogP contribution in [0.3, 0.4) is 0 Å². The zero-order valence-electron chi connectivity index (χ0n) is 17.6. The zero-order valence-corrected chi connectivity index (χ0v) is 17.6. The van der Waals surface area contributed by atoms with Crippen LogP contribution in [0.4, 0.5) is 4.39 Å². The summed E-state index contributed by atoms with van der Waals surface area (Å²) in [5.74, 6) is 0.803. The van der Waals surface area contributed by atoms with Crippen LogP contribution in [0.25, 0.3) is 5.69 Å². The monoisotopic (exact) mass is 397 g/mol. The Morgan fingerprint density at radius 1 is 1.34 bits per heavy atom. The normalized spacial score (nSPS) is 11.9. The molecule has 1 N–H and O–H groups in total. The Kier molecular flexibility index (Phi) is 6.31. The summed E-state index contributed by atoms with van der Waals surface area (Å²) in [6.45, 7) is 5.44. The number of nitrogens with zero attached hydrogens (tertiary/aromatic N) is 6. The van der Waals surface area contributed by atoms with Gasteiger partial charge in [-0.2, -0.15) is 5.10 Å². The summed E-state index contributed by atoms with van der Waals surface area (Å²) < 4.78 is 18.0. The molecule has 0 amide bonds. The molecule has 7 nitrogen and oxygen atoms in total. The van der Waals surface area contributed by atoms with Crippen molar-refractivity contribution in [3.05, 3.63) is 65.8 Å². The van der Waals surface area contributed by atoms with Gasteiger partial charge in [-0.05, 0) is 23.6 Å². The standard InChI is InChI=1S/C21H28FN7/c1-15(2)20-17(13-28(5)26-20)12-27(4)21(23-3)25-11-16-6-7-19(18(22)10-16)29-9-8-24-14-29/h6-10,13-15H,11-12H2,1-5H3,(H,23,25). The van der Waals surface area contributed by atoms with Crippen LogP contribution < -0.4 is 5.32 Å². The molecule has 0 fully saturated rings. The van der Waals surface area contributed by atoms with Crippen molar-refractivity contribution in [2.75, 3.05) is 14.1 Å². The molecule has 0 saturated carbocycles. The molecule has 2 aromatic heterocycles. The van der Waals surface area contributed by atoms with Crippen molar-refractivity contribution in [1.29, 1.82) is 0 Å². The molecule has 29 heavy (non-hydrogen) atoms. The van der Waals surface area contributed by atoms with E-state index in [2.05, 4.69) is 34.2 Å². The van der Waals surface area contributed by atoms with Crippen molar-refractivity contribution in [2.24, 2.45) is 12.0 Å². The van der Waals surface area contributed by atoms with Crippen LogP contribution >= 0.6 is 0 Å². The molecule has 0 saturated heterocycles. The van der Waals surface area contributed by atoms with E-state index >= 15 is 0 Å². The number of halogens is 1. The van der Waals surface area contributed by atoms with Gasteiger partial charge in [-0.1, -0.05) is 19.9 Å². The van der Waals surface area contributed by atoms with E-state index in [0.29, 0.717) is 24.7 Å². The maximum atomic E-state index is 14.5. The van der Waals surface area contributed by atoms with E-state index in [1.54, 1.807) is 36.4 Å². The molecule has 0 radical (unpaired) electrons. The van der Waals surface area contributed by atoms with E-state index in [9.17, 15) is 4.39 Å². The fourth-order valence-corrected chi connectivity index (χ4v) is 3.33. The highest BCUT2D eigenvalue weighted by molar-refractivity contribution is 5.79. The Morgan fingerprint density at radius 3 is 2.76 bits per heavy atom. The van der Waals surface area contributed by atoms with E-state index in [4.69, 9.17) is 0 Å². The molecular formula is C21H28FN7. The van der Waals surface area contributed by atoms with Crippen molar-refractivity contribution in [1.82, 2.24) is 29.5 Å². The minimum atomic E-state index is -0.289. The molecule has 0 aliphatic carbocycles.